The summed E-state index contributed by atoms with van der Waals surface area (Å²) in [6.07, 6.45) is 0. The molecule has 0 amide bonds. The van der Waals surface area contributed by atoms with E-state index >= 15 is 0 Å². The highest BCUT2D eigenvalue weighted by Gasteiger charge is 2.12. The third-order valence-electron chi connectivity index (χ3n) is 2.84. The summed E-state index contributed by atoms with van der Waals surface area (Å²) in [7, 11) is 0. The fourth-order valence-electron chi connectivity index (χ4n) is 1.86. The van der Waals surface area contributed by atoms with Crippen molar-refractivity contribution in [2.24, 2.45) is 0 Å². The van der Waals surface area contributed by atoms with E-state index < -0.39 is 0 Å². The Morgan fingerprint density at radius 3 is 2.53 bits per heavy atom. The molecule has 0 unspecified atom stereocenters. The quantitative estimate of drug-likeness (QED) is 0.848. The lowest BCUT2D eigenvalue weighted by atomic mass is 10.2. The van der Waals surface area contributed by atoms with Crippen LogP contribution >= 0.6 is 12.4 Å². The van der Waals surface area contributed by atoms with E-state index in [1.165, 1.54) is 0 Å². The minimum atomic E-state index is 0. The van der Waals surface area contributed by atoms with Gasteiger partial charge in [0.25, 0.3) is 0 Å². The van der Waals surface area contributed by atoms with Gasteiger partial charge >= 0.3 is 0 Å². The van der Waals surface area contributed by atoms with Crippen LogP contribution in [-0.4, -0.2) is 6.79 Å². The third-order valence-corrected chi connectivity index (χ3v) is 2.84. The Bertz CT molecular complexity index is 558. The number of hydrogen-bond donors (Lipinski definition) is 2. The summed E-state index contributed by atoms with van der Waals surface area (Å²) >= 11 is 0. The number of hydrogen-bond acceptors (Lipinski definition) is 4. The summed E-state index contributed by atoms with van der Waals surface area (Å²) in [5.74, 6) is 1.62. The Labute approximate surface area is 117 Å². The molecule has 0 saturated carbocycles. The van der Waals surface area contributed by atoms with E-state index in [4.69, 9.17) is 15.2 Å². The van der Waals surface area contributed by atoms with Crippen LogP contribution in [0.4, 0.5) is 11.4 Å². The SMILES string of the molecule is Cl.Nc1ccc(NCc2ccc3c(c2)OCO3)cc1. The second-order valence-corrected chi connectivity index (χ2v) is 4.16. The maximum Gasteiger partial charge on any atom is 0.231 e. The molecule has 0 aliphatic carbocycles. The van der Waals surface area contributed by atoms with E-state index in [0.29, 0.717) is 6.79 Å². The monoisotopic (exact) mass is 278 g/mol. The molecular formula is C14H15ClN2O2. The summed E-state index contributed by atoms with van der Waals surface area (Å²) in [6, 6.07) is 13.6. The van der Waals surface area contributed by atoms with Crippen molar-refractivity contribution in [3.8, 4) is 11.5 Å². The van der Waals surface area contributed by atoms with Crippen LogP contribution in [0.5, 0.6) is 11.5 Å². The van der Waals surface area contributed by atoms with Crippen LogP contribution in [0.2, 0.25) is 0 Å². The van der Waals surface area contributed by atoms with Crippen LogP contribution in [0.1, 0.15) is 5.56 Å². The molecule has 1 heterocycles. The molecule has 2 aromatic carbocycles. The molecule has 0 radical (unpaired) electrons. The molecule has 19 heavy (non-hydrogen) atoms. The zero-order chi connectivity index (χ0) is 12.4. The number of nitrogens with one attached hydrogen (secondary N) is 1. The van der Waals surface area contributed by atoms with Gasteiger partial charge in [0.15, 0.2) is 11.5 Å². The number of benzene rings is 2. The number of nitrogen functional groups attached to an aromatic ring is 1. The van der Waals surface area contributed by atoms with E-state index in [1.54, 1.807) is 0 Å². The summed E-state index contributed by atoms with van der Waals surface area (Å²) in [4.78, 5) is 0. The molecule has 0 fully saturated rings. The fraction of sp³-hybridized carbons (Fsp3) is 0.143. The molecule has 0 aromatic heterocycles. The van der Waals surface area contributed by atoms with Crippen molar-refractivity contribution in [2.75, 3.05) is 17.8 Å². The molecular weight excluding hydrogens is 264 g/mol. The molecule has 0 atom stereocenters. The molecule has 1 aliphatic heterocycles. The zero-order valence-electron chi connectivity index (χ0n) is 10.3. The zero-order valence-corrected chi connectivity index (χ0v) is 11.1. The lowest BCUT2D eigenvalue weighted by molar-refractivity contribution is 0.174. The Kier molecular flexibility index (Phi) is 4.02. The highest BCUT2D eigenvalue weighted by Crippen LogP contribution is 2.32. The minimum Gasteiger partial charge on any atom is -0.454 e. The number of ether oxygens (including phenoxy) is 2. The summed E-state index contributed by atoms with van der Waals surface area (Å²) in [5.41, 5.74) is 8.60. The topological polar surface area (TPSA) is 56.5 Å². The number of rotatable bonds is 3. The van der Waals surface area contributed by atoms with Gasteiger partial charge in [-0.25, -0.2) is 0 Å². The van der Waals surface area contributed by atoms with Gasteiger partial charge in [-0.2, -0.15) is 0 Å². The third kappa shape index (κ3) is 3.03. The average Bonchev–Trinajstić information content (AvgIpc) is 2.85. The number of halogens is 1. The molecule has 100 valence electrons. The van der Waals surface area contributed by atoms with Gasteiger partial charge in [-0.15, -0.1) is 12.4 Å². The smallest absolute Gasteiger partial charge is 0.231 e. The Hall–Kier alpha value is -2.07. The van der Waals surface area contributed by atoms with Crippen LogP contribution < -0.4 is 20.5 Å². The maximum atomic E-state index is 5.64. The van der Waals surface area contributed by atoms with Crippen molar-refractivity contribution in [2.45, 2.75) is 6.54 Å². The van der Waals surface area contributed by atoms with Crippen molar-refractivity contribution in [1.29, 1.82) is 0 Å². The lowest BCUT2D eigenvalue weighted by Crippen LogP contribution is -1.99. The van der Waals surface area contributed by atoms with E-state index in [1.807, 2.05) is 42.5 Å². The van der Waals surface area contributed by atoms with Crippen LogP contribution in [-0.2, 0) is 6.54 Å². The van der Waals surface area contributed by atoms with Crippen molar-refractivity contribution in [3.05, 3.63) is 48.0 Å². The van der Waals surface area contributed by atoms with Crippen molar-refractivity contribution >= 4 is 23.8 Å². The normalized spacial score (nSPS) is 11.8. The van der Waals surface area contributed by atoms with E-state index in [9.17, 15) is 0 Å². The molecule has 0 bridgehead atoms. The van der Waals surface area contributed by atoms with Crippen LogP contribution in [0.15, 0.2) is 42.5 Å². The van der Waals surface area contributed by atoms with Crippen LogP contribution in [0.25, 0.3) is 0 Å². The second kappa shape index (κ2) is 5.71. The predicted octanol–water partition coefficient (Wildman–Crippen LogP) is 3.03. The van der Waals surface area contributed by atoms with Gasteiger partial charge in [-0.3, -0.25) is 0 Å². The fourth-order valence-corrected chi connectivity index (χ4v) is 1.86. The second-order valence-electron chi connectivity index (χ2n) is 4.16. The van der Waals surface area contributed by atoms with Crippen molar-refractivity contribution in [3.63, 3.8) is 0 Å². The molecule has 3 N–H and O–H groups in total. The molecule has 1 aliphatic rings. The first kappa shape index (κ1) is 13.4. The summed E-state index contributed by atoms with van der Waals surface area (Å²) in [6.45, 7) is 1.05. The molecule has 3 rings (SSSR count). The Morgan fingerprint density at radius 1 is 1.00 bits per heavy atom. The highest BCUT2D eigenvalue weighted by molar-refractivity contribution is 5.85. The predicted molar refractivity (Wildman–Crippen MR) is 78.0 cm³/mol. The first-order valence-electron chi connectivity index (χ1n) is 5.79. The molecule has 0 saturated heterocycles. The van der Waals surface area contributed by atoms with Crippen molar-refractivity contribution in [1.82, 2.24) is 0 Å². The molecule has 2 aromatic rings. The summed E-state index contributed by atoms with van der Waals surface area (Å²) < 4.78 is 10.6. The average molecular weight is 279 g/mol. The first-order valence-corrected chi connectivity index (χ1v) is 5.79. The molecule has 5 heteroatoms. The van der Waals surface area contributed by atoms with Crippen LogP contribution in [0.3, 0.4) is 0 Å². The molecule has 4 nitrogen and oxygen atoms in total. The van der Waals surface area contributed by atoms with Gasteiger partial charge in [-0.05, 0) is 42.0 Å². The highest BCUT2D eigenvalue weighted by atomic mass is 35.5. The number of nitrogens with two attached hydrogens (primary N) is 1. The van der Waals surface area contributed by atoms with Gasteiger partial charge in [0.2, 0.25) is 6.79 Å². The maximum absolute atomic E-state index is 5.64. The van der Waals surface area contributed by atoms with Gasteiger partial charge in [0.05, 0.1) is 0 Å². The van der Waals surface area contributed by atoms with Crippen LogP contribution in [0, 0.1) is 0 Å². The molecule has 0 spiro atoms. The Balaban J connectivity index is 0.00000133. The van der Waals surface area contributed by atoms with Gasteiger partial charge < -0.3 is 20.5 Å². The van der Waals surface area contributed by atoms with E-state index in [0.717, 1.165) is 35.0 Å². The standard InChI is InChI=1S/C14H14N2O2.ClH/c15-11-2-4-12(5-3-11)16-8-10-1-6-13-14(7-10)18-9-17-13;/h1-7,16H,8-9,15H2;1H. The Morgan fingerprint density at radius 2 is 1.74 bits per heavy atom. The summed E-state index contributed by atoms with van der Waals surface area (Å²) in [5, 5.41) is 3.33. The van der Waals surface area contributed by atoms with E-state index in [2.05, 4.69) is 5.32 Å². The van der Waals surface area contributed by atoms with Gasteiger partial charge in [0.1, 0.15) is 0 Å². The first-order chi connectivity index (χ1) is 8.81. The van der Waals surface area contributed by atoms with Gasteiger partial charge in [0, 0.05) is 17.9 Å². The lowest BCUT2D eigenvalue weighted by Gasteiger charge is -2.07. The number of fused-ring (bicyclic) bond motifs is 1. The largest absolute Gasteiger partial charge is 0.454 e. The minimum absolute atomic E-state index is 0. The van der Waals surface area contributed by atoms with Gasteiger partial charge in [-0.1, -0.05) is 6.07 Å². The van der Waals surface area contributed by atoms with E-state index in [-0.39, 0.29) is 12.4 Å². The number of anilines is 2. The van der Waals surface area contributed by atoms with Crippen molar-refractivity contribution < 1.29 is 9.47 Å².